The summed E-state index contributed by atoms with van der Waals surface area (Å²) in [6.45, 7) is -0.418. The van der Waals surface area contributed by atoms with E-state index in [4.69, 9.17) is 23.2 Å². The lowest BCUT2D eigenvalue weighted by molar-refractivity contribution is -0.138. The third-order valence-corrected chi connectivity index (χ3v) is 2.96. The van der Waals surface area contributed by atoms with Crippen LogP contribution in [0.1, 0.15) is 6.42 Å². The van der Waals surface area contributed by atoms with Crippen molar-refractivity contribution in [3.8, 4) is 0 Å². The molecule has 112 valence electrons. The van der Waals surface area contributed by atoms with Crippen LogP contribution in [-0.4, -0.2) is 37.1 Å². The molecule has 1 aromatic rings. The van der Waals surface area contributed by atoms with Crippen molar-refractivity contribution >= 4 is 34.8 Å². The van der Waals surface area contributed by atoms with Gasteiger partial charge in [-0.3, -0.25) is 9.69 Å². The summed E-state index contributed by atoms with van der Waals surface area (Å²) in [7, 11) is 1.44. The van der Waals surface area contributed by atoms with Crippen LogP contribution in [0.25, 0.3) is 0 Å². The number of likely N-dealkylation sites (N-methyl/N-ethyl adjacent to an activating group) is 1. The molecular formula is C12H13Cl2F3N2O. The molecule has 0 saturated heterocycles. The Bertz CT molecular complexity index is 480. The fourth-order valence-electron chi connectivity index (χ4n) is 1.42. The molecule has 0 aliphatic heterocycles. The van der Waals surface area contributed by atoms with E-state index in [0.29, 0.717) is 15.7 Å². The molecule has 0 spiro atoms. The number of nitrogens with zero attached hydrogens (tertiary/aromatic N) is 1. The molecule has 20 heavy (non-hydrogen) atoms. The molecule has 8 heteroatoms. The Labute approximate surface area is 124 Å². The van der Waals surface area contributed by atoms with Crippen LogP contribution in [-0.2, 0) is 4.79 Å². The van der Waals surface area contributed by atoms with Crippen molar-refractivity contribution in [2.75, 3.05) is 25.5 Å². The molecule has 0 aliphatic carbocycles. The van der Waals surface area contributed by atoms with Crippen molar-refractivity contribution in [3.05, 3.63) is 28.2 Å². The number of anilines is 1. The maximum absolute atomic E-state index is 12.0. The average molecular weight is 329 g/mol. The smallest absolute Gasteiger partial charge is 0.324 e. The predicted molar refractivity (Wildman–Crippen MR) is 73.3 cm³/mol. The zero-order valence-corrected chi connectivity index (χ0v) is 12.1. The Morgan fingerprint density at radius 3 is 2.60 bits per heavy atom. The number of halogens is 5. The second-order valence-electron chi connectivity index (χ2n) is 4.28. The van der Waals surface area contributed by atoms with E-state index in [-0.39, 0.29) is 13.1 Å². The van der Waals surface area contributed by atoms with Crippen LogP contribution in [0, 0.1) is 0 Å². The number of amides is 1. The van der Waals surface area contributed by atoms with Gasteiger partial charge in [0, 0.05) is 11.6 Å². The third kappa shape index (κ3) is 6.45. The highest BCUT2D eigenvalue weighted by atomic mass is 35.5. The number of benzene rings is 1. The molecule has 1 N–H and O–H groups in total. The van der Waals surface area contributed by atoms with E-state index in [1.165, 1.54) is 24.1 Å². The molecule has 1 aromatic carbocycles. The van der Waals surface area contributed by atoms with Gasteiger partial charge in [-0.2, -0.15) is 13.2 Å². The number of rotatable bonds is 5. The molecule has 0 aliphatic rings. The summed E-state index contributed by atoms with van der Waals surface area (Å²) in [6.07, 6.45) is -5.20. The Kier molecular flexibility index (Phi) is 6.10. The van der Waals surface area contributed by atoms with Crippen molar-refractivity contribution in [3.63, 3.8) is 0 Å². The first-order valence-electron chi connectivity index (χ1n) is 5.67. The second kappa shape index (κ2) is 7.15. The predicted octanol–water partition coefficient (Wildman–Crippen LogP) is 3.82. The lowest BCUT2D eigenvalue weighted by Crippen LogP contribution is -2.32. The summed E-state index contributed by atoms with van der Waals surface area (Å²) >= 11 is 11.6. The number of hydrogen-bond acceptors (Lipinski definition) is 2. The summed E-state index contributed by atoms with van der Waals surface area (Å²) in [5, 5.41) is 3.21. The molecular weight excluding hydrogens is 316 g/mol. The molecule has 1 rings (SSSR count). The summed E-state index contributed by atoms with van der Waals surface area (Å²) in [5.74, 6) is -0.459. The van der Waals surface area contributed by atoms with E-state index in [2.05, 4.69) is 5.32 Å². The Balaban J connectivity index is 2.49. The highest BCUT2D eigenvalue weighted by Crippen LogP contribution is 2.25. The summed E-state index contributed by atoms with van der Waals surface area (Å²) in [4.78, 5) is 13.0. The molecule has 0 saturated carbocycles. The van der Waals surface area contributed by atoms with Gasteiger partial charge >= 0.3 is 6.18 Å². The molecule has 0 bridgehead atoms. The zero-order valence-electron chi connectivity index (χ0n) is 10.6. The van der Waals surface area contributed by atoms with Gasteiger partial charge in [0.2, 0.25) is 5.91 Å². The van der Waals surface area contributed by atoms with Crippen LogP contribution >= 0.6 is 23.2 Å². The highest BCUT2D eigenvalue weighted by Gasteiger charge is 2.27. The van der Waals surface area contributed by atoms with Crippen LogP contribution in [0.5, 0.6) is 0 Å². The van der Waals surface area contributed by atoms with Gasteiger partial charge in [-0.15, -0.1) is 0 Å². The maximum atomic E-state index is 12.0. The SMILES string of the molecule is CN(CCC(F)(F)F)CC(=O)Nc1cc(Cl)ccc1Cl. The van der Waals surface area contributed by atoms with Gasteiger partial charge in [-0.05, 0) is 25.2 Å². The Hall–Kier alpha value is -0.980. The molecule has 3 nitrogen and oxygen atoms in total. The van der Waals surface area contributed by atoms with Crippen LogP contribution < -0.4 is 5.32 Å². The first kappa shape index (κ1) is 17.1. The molecule has 0 radical (unpaired) electrons. The number of hydrogen-bond donors (Lipinski definition) is 1. The Morgan fingerprint density at radius 2 is 2.00 bits per heavy atom. The minimum atomic E-state index is -4.24. The van der Waals surface area contributed by atoms with Crippen molar-refractivity contribution in [1.82, 2.24) is 4.90 Å². The minimum absolute atomic E-state index is 0.168. The first-order chi connectivity index (χ1) is 9.17. The van der Waals surface area contributed by atoms with E-state index in [1.54, 1.807) is 6.07 Å². The number of carbonyl (C=O) groups is 1. The zero-order chi connectivity index (χ0) is 15.3. The van der Waals surface area contributed by atoms with Crippen molar-refractivity contribution in [2.45, 2.75) is 12.6 Å². The van der Waals surface area contributed by atoms with Crippen molar-refractivity contribution < 1.29 is 18.0 Å². The molecule has 0 aromatic heterocycles. The topological polar surface area (TPSA) is 32.3 Å². The van der Waals surface area contributed by atoms with Gasteiger partial charge < -0.3 is 5.32 Å². The second-order valence-corrected chi connectivity index (χ2v) is 5.12. The average Bonchev–Trinajstić information content (AvgIpc) is 2.30. The summed E-state index contributed by atoms with van der Waals surface area (Å²) in [5.41, 5.74) is 0.327. The summed E-state index contributed by atoms with van der Waals surface area (Å²) < 4.78 is 36.1. The van der Waals surface area contributed by atoms with E-state index >= 15 is 0 Å². The molecule has 0 heterocycles. The molecule has 1 amide bonds. The number of carbonyl (C=O) groups excluding carboxylic acids is 1. The van der Waals surface area contributed by atoms with Gasteiger partial charge in [0.1, 0.15) is 0 Å². The fourth-order valence-corrected chi connectivity index (χ4v) is 1.76. The largest absolute Gasteiger partial charge is 0.390 e. The number of nitrogens with one attached hydrogen (secondary N) is 1. The quantitative estimate of drug-likeness (QED) is 0.891. The van der Waals surface area contributed by atoms with Gasteiger partial charge in [0.15, 0.2) is 0 Å². The molecule has 0 unspecified atom stereocenters. The van der Waals surface area contributed by atoms with Gasteiger partial charge in [0.25, 0.3) is 0 Å². The monoisotopic (exact) mass is 328 g/mol. The number of alkyl halides is 3. The molecule has 0 fully saturated rings. The standard InChI is InChI=1S/C12H13Cl2F3N2O/c1-19(5-4-12(15,16)17)7-11(20)18-10-6-8(13)2-3-9(10)14/h2-3,6H,4-5,7H2,1H3,(H,18,20). The van der Waals surface area contributed by atoms with Gasteiger partial charge in [0.05, 0.1) is 23.7 Å². The van der Waals surface area contributed by atoms with E-state index < -0.39 is 18.5 Å². The third-order valence-electron chi connectivity index (χ3n) is 2.39. The van der Waals surface area contributed by atoms with Crippen molar-refractivity contribution in [2.24, 2.45) is 0 Å². The first-order valence-corrected chi connectivity index (χ1v) is 6.43. The van der Waals surface area contributed by atoms with Crippen LogP contribution in [0.2, 0.25) is 10.0 Å². The normalized spacial score (nSPS) is 11.8. The van der Waals surface area contributed by atoms with Gasteiger partial charge in [-0.1, -0.05) is 23.2 Å². The van der Waals surface area contributed by atoms with Crippen LogP contribution in [0.3, 0.4) is 0 Å². The lowest BCUT2D eigenvalue weighted by atomic mass is 10.3. The van der Waals surface area contributed by atoms with Crippen LogP contribution in [0.4, 0.5) is 18.9 Å². The fraction of sp³-hybridized carbons (Fsp3) is 0.417. The van der Waals surface area contributed by atoms with Crippen molar-refractivity contribution in [1.29, 1.82) is 0 Å². The Morgan fingerprint density at radius 1 is 1.35 bits per heavy atom. The minimum Gasteiger partial charge on any atom is -0.324 e. The van der Waals surface area contributed by atoms with Crippen LogP contribution in [0.15, 0.2) is 18.2 Å². The van der Waals surface area contributed by atoms with Gasteiger partial charge in [-0.25, -0.2) is 0 Å². The van der Waals surface area contributed by atoms with E-state index in [9.17, 15) is 18.0 Å². The lowest BCUT2D eigenvalue weighted by Gasteiger charge is -2.17. The molecule has 0 atom stereocenters. The van der Waals surface area contributed by atoms with E-state index in [1.807, 2.05) is 0 Å². The summed E-state index contributed by atoms with van der Waals surface area (Å²) in [6, 6.07) is 4.55. The maximum Gasteiger partial charge on any atom is 0.390 e. The van der Waals surface area contributed by atoms with E-state index in [0.717, 1.165) is 0 Å². The highest BCUT2D eigenvalue weighted by molar-refractivity contribution is 6.35.